The van der Waals surface area contributed by atoms with Gasteiger partial charge in [-0.05, 0) is 43.4 Å². The van der Waals surface area contributed by atoms with Crippen molar-refractivity contribution in [3.05, 3.63) is 34.7 Å². The van der Waals surface area contributed by atoms with Gasteiger partial charge < -0.3 is 5.73 Å². The highest BCUT2D eigenvalue weighted by Crippen LogP contribution is 2.44. The van der Waals surface area contributed by atoms with Crippen LogP contribution in [0.1, 0.15) is 29.7 Å². The van der Waals surface area contributed by atoms with Gasteiger partial charge in [0.15, 0.2) is 0 Å². The molecular formula is C16H16N2S2. The number of aromatic nitrogens is 1. The normalized spacial score (nSPS) is 15.2. The third-order valence-electron chi connectivity index (χ3n) is 3.96. The van der Waals surface area contributed by atoms with Gasteiger partial charge in [0.05, 0.1) is 15.2 Å². The van der Waals surface area contributed by atoms with Crippen LogP contribution < -0.4 is 5.73 Å². The molecule has 1 aromatic carbocycles. The van der Waals surface area contributed by atoms with Crippen molar-refractivity contribution in [1.29, 1.82) is 0 Å². The average molecular weight is 300 g/mol. The Morgan fingerprint density at radius 3 is 2.75 bits per heavy atom. The molecule has 0 unspecified atom stereocenters. The van der Waals surface area contributed by atoms with Crippen LogP contribution in [0.15, 0.2) is 24.3 Å². The second kappa shape index (κ2) is 4.86. The molecule has 0 saturated heterocycles. The highest BCUT2D eigenvalue weighted by Gasteiger charge is 2.21. The lowest BCUT2D eigenvalue weighted by molar-refractivity contribution is 0.713. The molecule has 20 heavy (non-hydrogen) atoms. The van der Waals surface area contributed by atoms with Crippen LogP contribution in [0.3, 0.4) is 0 Å². The molecule has 2 aromatic heterocycles. The van der Waals surface area contributed by atoms with Crippen molar-refractivity contribution in [3.8, 4) is 10.6 Å². The fraction of sp³-hybridized carbons (Fsp3) is 0.312. The lowest BCUT2D eigenvalue weighted by Crippen LogP contribution is -1.90. The number of fused-ring (bicyclic) bond motifs is 2. The first-order chi connectivity index (χ1) is 9.83. The number of anilines is 1. The lowest BCUT2D eigenvalue weighted by atomic mass is 10.1. The van der Waals surface area contributed by atoms with Gasteiger partial charge in [0.2, 0.25) is 0 Å². The maximum absolute atomic E-state index is 6.31. The summed E-state index contributed by atoms with van der Waals surface area (Å²) in [5.74, 6) is 0. The van der Waals surface area contributed by atoms with E-state index in [9.17, 15) is 0 Å². The van der Waals surface area contributed by atoms with E-state index < -0.39 is 0 Å². The minimum Gasteiger partial charge on any atom is -0.390 e. The van der Waals surface area contributed by atoms with Gasteiger partial charge >= 0.3 is 0 Å². The van der Waals surface area contributed by atoms with Crippen molar-refractivity contribution in [3.63, 3.8) is 0 Å². The Kier molecular flexibility index (Phi) is 3.00. The molecule has 0 spiro atoms. The maximum atomic E-state index is 6.31. The summed E-state index contributed by atoms with van der Waals surface area (Å²) < 4.78 is 1.25. The average Bonchev–Trinajstić information content (AvgIpc) is 2.92. The summed E-state index contributed by atoms with van der Waals surface area (Å²) in [6.45, 7) is 0. The second-order valence-corrected chi connectivity index (χ2v) is 7.46. The molecule has 0 fully saturated rings. The van der Waals surface area contributed by atoms with E-state index in [0.717, 1.165) is 21.9 Å². The van der Waals surface area contributed by atoms with Crippen LogP contribution in [0.4, 0.5) is 5.00 Å². The predicted octanol–water partition coefficient (Wildman–Crippen LogP) is 4.88. The first kappa shape index (κ1) is 12.4. The van der Waals surface area contributed by atoms with Crippen LogP contribution in [0.25, 0.3) is 20.8 Å². The Balaban J connectivity index is 1.91. The minimum absolute atomic E-state index is 0.955. The van der Waals surface area contributed by atoms with E-state index in [4.69, 9.17) is 10.7 Å². The number of nitrogens with zero attached hydrogens (tertiary/aromatic N) is 1. The van der Waals surface area contributed by atoms with Crippen LogP contribution >= 0.6 is 22.7 Å². The van der Waals surface area contributed by atoms with Crippen LogP contribution in [0, 0.1) is 0 Å². The number of para-hydroxylation sites is 1. The van der Waals surface area contributed by atoms with E-state index >= 15 is 0 Å². The lowest BCUT2D eigenvalue weighted by Gasteiger charge is -2.01. The molecule has 4 heteroatoms. The van der Waals surface area contributed by atoms with Gasteiger partial charge in [-0.25, -0.2) is 4.98 Å². The third-order valence-corrected chi connectivity index (χ3v) is 6.13. The Hall–Kier alpha value is -1.39. The van der Waals surface area contributed by atoms with Crippen LogP contribution in [-0.2, 0) is 12.8 Å². The molecule has 0 bridgehead atoms. The van der Waals surface area contributed by atoms with Crippen molar-refractivity contribution < 1.29 is 0 Å². The molecule has 3 aromatic rings. The van der Waals surface area contributed by atoms with Gasteiger partial charge in [-0.3, -0.25) is 0 Å². The summed E-state index contributed by atoms with van der Waals surface area (Å²) in [6.07, 6.45) is 6.26. The van der Waals surface area contributed by atoms with Gasteiger partial charge in [0.1, 0.15) is 5.01 Å². The first-order valence-electron chi connectivity index (χ1n) is 7.09. The van der Waals surface area contributed by atoms with Gasteiger partial charge in [-0.2, -0.15) is 0 Å². The molecule has 2 N–H and O–H groups in total. The monoisotopic (exact) mass is 300 g/mol. The number of aryl methyl sites for hydroxylation is 1. The third kappa shape index (κ3) is 1.95. The Morgan fingerprint density at radius 2 is 1.85 bits per heavy atom. The van der Waals surface area contributed by atoms with E-state index in [-0.39, 0.29) is 0 Å². The molecular weight excluding hydrogens is 284 g/mol. The number of hydrogen-bond donors (Lipinski definition) is 1. The van der Waals surface area contributed by atoms with Crippen molar-refractivity contribution in [2.45, 2.75) is 32.1 Å². The summed E-state index contributed by atoms with van der Waals surface area (Å²) in [5, 5.41) is 2.05. The molecule has 0 radical (unpaired) electrons. The number of nitrogens with two attached hydrogens (primary N) is 1. The van der Waals surface area contributed by atoms with Crippen molar-refractivity contribution >= 4 is 37.9 Å². The SMILES string of the molecule is Nc1sc2c(c1-c1nc3ccccc3s1)CCCCC2. The molecule has 1 aliphatic carbocycles. The van der Waals surface area contributed by atoms with E-state index in [1.165, 1.54) is 46.4 Å². The highest BCUT2D eigenvalue weighted by molar-refractivity contribution is 7.22. The summed E-state index contributed by atoms with van der Waals surface area (Å²) in [6, 6.07) is 8.33. The van der Waals surface area contributed by atoms with Gasteiger partial charge in [-0.15, -0.1) is 22.7 Å². The predicted molar refractivity (Wildman–Crippen MR) is 88.6 cm³/mol. The molecule has 0 saturated carbocycles. The molecule has 102 valence electrons. The molecule has 2 heterocycles. The number of thiazole rings is 1. The topological polar surface area (TPSA) is 38.9 Å². The molecule has 2 nitrogen and oxygen atoms in total. The van der Waals surface area contributed by atoms with Crippen molar-refractivity contribution in [2.24, 2.45) is 0 Å². The maximum Gasteiger partial charge on any atom is 0.127 e. The zero-order chi connectivity index (χ0) is 13.5. The first-order valence-corrected chi connectivity index (χ1v) is 8.72. The minimum atomic E-state index is 0.955. The number of thiophene rings is 1. The van der Waals surface area contributed by atoms with Crippen LogP contribution in [-0.4, -0.2) is 4.98 Å². The highest BCUT2D eigenvalue weighted by atomic mass is 32.1. The Bertz CT molecular complexity index is 737. The zero-order valence-corrected chi connectivity index (χ0v) is 12.8. The van der Waals surface area contributed by atoms with Gasteiger partial charge in [0.25, 0.3) is 0 Å². The summed E-state index contributed by atoms with van der Waals surface area (Å²) in [7, 11) is 0. The summed E-state index contributed by atoms with van der Waals surface area (Å²) in [4.78, 5) is 6.29. The smallest absolute Gasteiger partial charge is 0.127 e. The fourth-order valence-corrected chi connectivity index (χ4v) is 5.26. The molecule has 0 amide bonds. The zero-order valence-electron chi connectivity index (χ0n) is 11.2. The van der Waals surface area contributed by atoms with Crippen LogP contribution in [0.2, 0.25) is 0 Å². The van der Waals surface area contributed by atoms with E-state index in [1.807, 2.05) is 6.07 Å². The largest absolute Gasteiger partial charge is 0.390 e. The van der Waals surface area contributed by atoms with E-state index in [2.05, 4.69) is 18.2 Å². The number of rotatable bonds is 1. The van der Waals surface area contributed by atoms with Crippen LogP contribution in [0.5, 0.6) is 0 Å². The van der Waals surface area contributed by atoms with Crippen molar-refractivity contribution in [1.82, 2.24) is 4.98 Å². The summed E-state index contributed by atoms with van der Waals surface area (Å²) in [5.41, 5.74) is 10.1. The fourth-order valence-electron chi connectivity index (χ4n) is 2.98. The summed E-state index contributed by atoms with van der Waals surface area (Å²) >= 11 is 3.54. The Morgan fingerprint density at radius 1 is 1.00 bits per heavy atom. The molecule has 0 atom stereocenters. The Labute approximate surface area is 126 Å². The molecule has 4 rings (SSSR count). The quantitative estimate of drug-likeness (QED) is 0.651. The molecule has 0 aliphatic heterocycles. The number of benzene rings is 1. The molecule has 1 aliphatic rings. The standard InChI is InChI=1S/C16H16N2S2/c17-15-14(10-6-2-1-3-8-12(10)19-15)16-18-11-7-4-5-9-13(11)20-16/h4-5,7,9H,1-3,6,8,17H2. The second-order valence-electron chi connectivity index (χ2n) is 5.29. The number of hydrogen-bond acceptors (Lipinski definition) is 4. The van der Waals surface area contributed by atoms with Crippen molar-refractivity contribution in [2.75, 3.05) is 5.73 Å². The van der Waals surface area contributed by atoms with Gasteiger partial charge in [0, 0.05) is 10.4 Å². The van der Waals surface area contributed by atoms with Gasteiger partial charge in [-0.1, -0.05) is 18.6 Å². The van der Waals surface area contributed by atoms with E-state index in [0.29, 0.717) is 0 Å². The number of nitrogen functional groups attached to an aromatic ring is 1. The van der Waals surface area contributed by atoms with E-state index in [1.54, 1.807) is 22.7 Å².